The lowest BCUT2D eigenvalue weighted by Crippen LogP contribution is -2.55. The number of carbonyl (C=O) groups excluding carboxylic acids is 1. The fourth-order valence-corrected chi connectivity index (χ4v) is 3.60. The highest BCUT2D eigenvalue weighted by Gasteiger charge is 2.40. The highest BCUT2D eigenvalue weighted by atomic mass is 16.4. The molecule has 1 amide bonds. The van der Waals surface area contributed by atoms with E-state index >= 15 is 0 Å². The third-order valence-electron chi connectivity index (χ3n) is 5.13. The Morgan fingerprint density at radius 1 is 1.27 bits per heavy atom. The maximum Gasteiger partial charge on any atom is 0.329 e. The fourth-order valence-electron chi connectivity index (χ4n) is 3.60. The van der Waals surface area contributed by atoms with Crippen LogP contribution in [-0.2, 0) is 16.1 Å². The molecule has 0 saturated heterocycles. The lowest BCUT2D eigenvalue weighted by Gasteiger charge is -2.34. The highest BCUT2D eigenvalue weighted by molar-refractivity contribution is 5.87. The van der Waals surface area contributed by atoms with Crippen molar-refractivity contribution in [3.63, 3.8) is 0 Å². The number of nitrogens with one attached hydrogen (secondary N) is 1. The smallest absolute Gasteiger partial charge is 0.329 e. The first kappa shape index (κ1) is 18.1. The normalized spacial score (nSPS) is 16.3. The zero-order valence-electron chi connectivity index (χ0n) is 14.8. The molecule has 0 spiro atoms. The molecule has 1 aromatic heterocycles. The quantitative estimate of drug-likeness (QED) is 0.852. The topological polar surface area (TPSA) is 101 Å². The van der Waals surface area contributed by atoms with Crippen molar-refractivity contribution in [3.05, 3.63) is 40.4 Å². The van der Waals surface area contributed by atoms with E-state index in [0.717, 1.165) is 24.8 Å². The number of hydrogen-bond acceptors (Lipinski definition) is 4. The fraction of sp³-hybridized carbons (Fsp3) is 0.474. The maximum atomic E-state index is 12.6. The average Bonchev–Trinajstić information content (AvgIpc) is 2.62. The summed E-state index contributed by atoms with van der Waals surface area (Å²) in [6.45, 7) is 2.05. The van der Waals surface area contributed by atoms with Gasteiger partial charge in [-0.25, -0.2) is 9.78 Å². The maximum absolute atomic E-state index is 12.6. The summed E-state index contributed by atoms with van der Waals surface area (Å²) in [6, 6.07) is 5.41. The monoisotopic (exact) mass is 357 g/mol. The van der Waals surface area contributed by atoms with Gasteiger partial charge in [-0.2, -0.15) is 0 Å². The first-order chi connectivity index (χ1) is 12.4. The van der Waals surface area contributed by atoms with Crippen LogP contribution in [0.1, 0.15) is 44.1 Å². The Balaban J connectivity index is 1.72. The van der Waals surface area contributed by atoms with Gasteiger partial charge in [0.15, 0.2) is 0 Å². The summed E-state index contributed by atoms with van der Waals surface area (Å²) in [5.74, 6) is -1.34. The molecule has 0 atom stereocenters. The summed E-state index contributed by atoms with van der Waals surface area (Å²) >= 11 is 0. The zero-order valence-corrected chi connectivity index (χ0v) is 14.8. The van der Waals surface area contributed by atoms with Gasteiger partial charge in [0.25, 0.3) is 5.56 Å². The highest BCUT2D eigenvalue weighted by Crippen LogP contribution is 2.28. The number of carboxylic acid groups (broad SMARTS) is 1. The Kier molecular flexibility index (Phi) is 5.06. The summed E-state index contributed by atoms with van der Waals surface area (Å²) < 4.78 is 1.40. The molecule has 1 heterocycles. The molecule has 0 bridgehead atoms. The predicted octanol–water partition coefficient (Wildman–Crippen LogP) is 2.00. The number of aryl methyl sites for hydroxylation is 2. The van der Waals surface area contributed by atoms with Crippen LogP contribution in [0, 0.1) is 6.92 Å². The minimum Gasteiger partial charge on any atom is -0.480 e. The minimum absolute atomic E-state index is 0.0357. The lowest BCUT2D eigenvalue weighted by atomic mass is 9.81. The van der Waals surface area contributed by atoms with Gasteiger partial charge in [-0.3, -0.25) is 14.2 Å². The molecular formula is C19H23N3O4. The van der Waals surface area contributed by atoms with Crippen LogP contribution in [0.5, 0.6) is 0 Å². The summed E-state index contributed by atoms with van der Waals surface area (Å²) in [5, 5.41) is 12.7. The van der Waals surface area contributed by atoms with Crippen molar-refractivity contribution in [1.82, 2.24) is 14.9 Å². The van der Waals surface area contributed by atoms with Crippen molar-refractivity contribution in [2.75, 3.05) is 0 Å². The Bertz CT molecular complexity index is 897. The van der Waals surface area contributed by atoms with Crippen LogP contribution < -0.4 is 10.9 Å². The number of para-hydroxylation sites is 1. The molecule has 1 aliphatic carbocycles. The average molecular weight is 357 g/mol. The van der Waals surface area contributed by atoms with Crippen molar-refractivity contribution in [2.45, 2.75) is 57.5 Å². The molecule has 1 aromatic carbocycles. The van der Waals surface area contributed by atoms with Gasteiger partial charge in [-0.1, -0.05) is 31.4 Å². The molecule has 0 radical (unpaired) electrons. The Labute approximate surface area is 151 Å². The second-order valence-corrected chi connectivity index (χ2v) is 6.96. The van der Waals surface area contributed by atoms with Crippen molar-refractivity contribution < 1.29 is 14.7 Å². The molecule has 1 aliphatic rings. The first-order valence-electron chi connectivity index (χ1n) is 8.92. The zero-order chi connectivity index (χ0) is 18.7. The number of amides is 1. The minimum atomic E-state index is -1.17. The number of nitrogens with zero attached hydrogens (tertiary/aromatic N) is 2. The van der Waals surface area contributed by atoms with Gasteiger partial charge in [0, 0.05) is 13.0 Å². The Morgan fingerprint density at radius 3 is 2.69 bits per heavy atom. The van der Waals surface area contributed by atoms with E-state index in [9.17, 15) is 19.5 Å². The van der Waals surface area contributed by atoms with Gasteiger partial charge < -0.3 is 10.4 Å². The van der Waals surface area contributed by atoms with Gasteiger partial charge in [0.1, 0.15) is 5.54 Å². The van der Waals surface area contributed by atoms with E-state index < -0.39 is 11.5 Å². The van der Waals surface area contributed by atoms with Crippen molar-refractivity contribution in [3.8, 4) is 0 Å². The van der Waals surface area contributed by atoms with E-state index in [-0.39, 0.29) is 24.4 Å². The summed E-state index contributed by atoms with van der Waals surface area (Å²) in [7, 11) is 0. The van der Waals surface area contributed by atoms with E-state index in [1.807, 2.05) is 13.0 Å². The van der Waals surface area contributed by atoms with E-state index in [0.29, 0.717) is 23.7 Å². The number of carboxylic acids is 1. The van der Waals surface area contributed by atoms with Crippen LogP contribution >= 0.6 is 0 Å². The van der Waals surface area contributed by atoms with Crippen LogP contribution in [0.2, 0.25) is 0 Å². The molecule has 7 nitrogen and oxygen atoms in total. The molecular weight excluding hydrogens is 334 g/mol. The van der Waals surface area contributed by atoms with Crippen LogP contribution in [0.4, 0.5) is 0 Å². The van der Waals surface area contributed by atoms with Crippen molar-refractivity contribution in [1.29, 1.82) is 0 Å². The Morgan fingerprint density at radius 2 is 2.00 bits per heavy atom. The number of hydrogen-bond donors (Lipinski definition) is 2. The van der Waals surface area contributed by atoms with Crippen LogP contribution in [0.25, 0.3) is 10.9 Å². The van der Waals surface area contributed by atoms with Gasteiger partial charge in [-0.15, -0.1) is 0 Å². The molecule has 7 heteroatoms. The second kappa shape index (κ2) is 7.27. The molecule has 2 N–H and O–H groups in total. The third kappa shape index (κ3) is 3.47. The molecule has 0 unspecified atom stereocenters. The van der Waals surface area contributed by atoms with E-state index in [2.05, 4.69) is 10.3 Å². The van der Waals surface area contributed by atoms with Crippen molar-refractivity contribution >= 4 is 22.8 Å². The predicted molar refractivity (Wildman–Crippen MR) is 97.0 cm³/mol. The van der Waals surface area contributed by atoms with Gasteiger partial charge in [0.2, 0.25) is 5.91 Å². The number of carbonyl (C=O) groups is 2. The van der Waals surface area contributed by atoms with E-state index in [4.69, 9.17) is 0 Å². The molecule has 1 saturated carbocycles. The standard InChI is InChI=1S/C19H23N3O4/c1-13-6-5-7-14-16(13)20-12-22(17(14)24)11-8-15(23)21-19(18(25)26)9-3-2-4-10-19/h5-7,12H,2-4,8-11H2,1H3,(H,21,23)(H,25,26). The number of rotatable bonds is 5. The third-order valence-corrected chi connectivity index (χ3v) is 5.13. The Hall–Kier alpha value is -2.70. The molecule has 2 aromatic rings. The number of fused-ring (bicyclic) bond motifs is 1. The van der Waals surface area contributed by atoms with E-state index in [1.54, 1.807) is 12.1 Å². The molecule has 26 heavy (non-hydrogen) atoms. The van der Waals surface area contributed by atoms with Gasteiger partial charge >= 0.3 is 5.97 Å². The SMILES string of the molecule is Cc1cccc2c(=O)n(CCC(=O)NC3(C(=O)O)CCCCC3)cnc12. The molecule has 0 aliphatic heterocycles. The molecule has 138 valence electrons. The summed E-state index contributed by atoms with van der Waals surface area (Å²) in [4.78, 5) is 40.8. The van der Waals surface area contributed by atoms with Gasteiger partial charge in [0.05, 0.1) is 17.2 Å². The van der Waals surface area contributed by atoms with E-state index in [1.165, 1.54) is 10.9 Å². The number of aromatic nitrogens is 2. The summed E-state index contributed by atoms with van der Waals surface area (Å²) in [5.41, 5.74) is 0.214. The largest absolute Gasteiger partial charge is 0.480 e. The van der Waals surface area contributed by atoms with Crippen LogP contribution in [0.3, 0.4) is 0 Å². The molecule has 1 fully saturated rings. The second-order valence-electron chi connectivity index (χ2n) is 6.96. The van der Waals surface area contributed by atoms with Crippen LogP contribution in [0.15, 0.2) is 29.3 Å². The first-order valence-corrected chi connectivity index (χ1v) is 8.92. The number of benzene rings is 1. The number of aliphatic carboxylic acids is 1. The van der Waals surface area contributed by atoms with Crippen LogP contribution in [-0.4, -0.2) is 32.1 Å². The van der Waals surface area contributed by atoms with Crippen molar-refractivity contribution in [2.24, 2.45) is 0 Å². The summed E-state index contributed by atoms with van der Waals surface area (Å²) in [6.07, 6.45) is 4.95. The van der Waals surface area contributed by atoms with Gasteiger partial charge in [-0.05, 0) is 31.4 Å². The molecule has 3 rings (SSSR count). The lowest BCUT2D eigenvalue weighted by molar-refractivity contribution is -0.149.